The second kappa shape index (κ2) is 4.50. The third kappa shape index (κ3) is 1.79. The van der Waals surface area contributed by atoms with Gasteiger partial charge in [-0.25, -0.2) is 0 Å². The molecule has 0 atom stereocenters. The van der Waals surface area contributed by atoms with E-state index in [0.717, 1.165) is 48.3 Å². The number of carboxylic acids is 1. The van der Waals surface area contributed by atoms with Gasteiger partial charge in [-0.15, -0.1) is 0 Å². The van der Waals surface area contributed by atoms with E-state index in [9.17, 15) is 9.90 Å². The number of carbonyl (C=O) groups is 1. The average Bonchev–Trinajstić information content (AvgIpc) is 2.86. The van der Waals surface area contributed by atoms with Crippen LogP contribution in [0.5, 0.6) is 5.75 Å². The molecule has 0 unspecified atom stereocenters. The minimum absolute atomic E-state index is 0.638. The fraction of sp³-hybridized carbons (Fsp3) is 0.500. The van der Waals surface area contributed by atoms with Crippen LogP contribution in [0.25, 0.3) is 0 Å². The van der Waals surface area contributed by atoms with Gasteiger partial charge in [0.05, 0.1) is 10.3 Å². The Bertz CT molecular complexity index is 478. The molecular weight excluding hydrogens is 248 g/mol. The van der Waals surface area contributed by atoms with Crippen molar-refractivity contribution >= 4 is 17.7 Å². The van der Waals surface area contributed by atoms with Crippen LogP contribution in [0.2, 0.25) is 0 Å². The third-order valence-electron chi connectivity index (χ3n) is 4.04. The predicted molar refractivity (Wildman–Crippen MR) is 70.2 cm³/mol. The minimum atomic E-state index is -0.675. The van der Waals surface area contributed by atoms with E-state index in [1.165, 1.54) is 0 Å². The molecule has 1 saturated carbocycles. The Morgan fingerprint density at radius 2 is 2.06 bits per heavy atom. The van der Waals surface area contributed by atoms with Crippen molar-refractivity contribution in [2.75, 3.05) is 5.94 Å². The molecule has 1 aliphatic heterocycles. The fourth-order valence-corrected chi connectivity index (χ4v) is 3.77. The second-order valence-electron chi connectivity index (χ2n) is 5.02. The van der Waals surface area contributed by atoms with Crippen LogP contribution in [0.3, 0.4) is 0 Å². The van der Waals surface area contributed by atoms with Crippen molar-refractivity contribution < 1.29 is 14.6 Å². The summed E-state index contributed by atoms with van der Waals surface area (Å²) in [6, 6.07) is 5.88. The fourth-order valence-electron chi connectivity index (χ4n) is 2.98. The molecule has 0 amide bonds. The molecule has 4 heteroatoms. The van der Waals surface area contributed by atoms with Gasteiger partial charge in [0.15, 0.2) is 0 Å². The van der Waals surface area contributed by atoms with Gasteiger partial charge < -0.3 is 9.84 Å². The summed E-state index contributed by atoms with van der Waals surface area (Å²) in [7, 11) is 0. The van der Waals surface area contributed by atoms with Gasteiger partial charge in [-0.2, -0.15) is 0 Å². The molecule has 96 valence electrons. The van der Waals surface area contributed by atoms with E-state index in [4.69, 9.17) is 4.74 Å². The summed E-state index contributed by atoms with van der Waals surface area (Å²) < 4.78 is 5.45. The Morgan fingerprint density at radius 1 is 1.28 bits per heavy atom. The largest absolute Gasteiger partial charge is 0.481 e. The number of ether oxygens (including phenoxy) is 1. The lowest BCUT2D eigenvalue weighted by molar-refractivity contribution is -0.145. The summed E-state index contributed by atoms with van der Waals surface area (Å²) >= 11 is 1.64. The number of aliphatic carboxylic acids is 1. The Labute approximate surface area is 111 Å². The van der Waals surface area contributed by atoms with Gasteiger partial charge in [0.2, 0.25) is 0 Å². The molecule has 1 aromatic rings. The molecule has 0 radical (unpaired) electrons. The van der Waals surface area contributed by atoms with Crippen molar-refractivity contribution in [3.8, 4) is 5.75 Å². The third-order valence-corrected chi connectivity index (χ3v) is 4.91. The maximum absolute atomic E-state index is 11.7. The molecule has 0 spiro atoms. The molecule has 2 aliphatic rings. The van der Waals surface area contributed by atoms with Crippen LogP contribution in [-0.2, 0) is 10.2 Å². The number of benzene rings is 1. The predicted octanol–water partition coefficient (Wildman–Crippen LogP) is 3.42. The summed E-state index contributed by atoms with van der Waals surface area (Å²) in [6.07, 6.45) is 4.68. The van der Waals surface area contributed by atoms with E-state index in [2.05, 4.69) is 0 Å². The standard InChI is InChI=1S/C14H16O3S/c15-13(16)14(6-2-1-3-7-14)10-4-5-11-12(8-10)18-9-17-11/h4-5,8H,1-3,6-7,9H2,(H,15,16). The first-order valence-corrected chi connectivity index (χ1v) is 7.34. The molecule has 1 aromatic carbocycles. The van der Waals surface area contributed by atoms with Crippen LogP contribution in [-0.4, -0.2) is 17.0 Å². The number of carboxylic acid groups (broad SMARTS) is 1. The monoisotopic (exact) mass is 264 g/mol. The molecule has 3 rings (SSSR count). The molecule has 18 heavy (non-hydrogen) atoms. The number of hydrogen-bond donors (Lipinski definition) is 1. The van der Waals surface area contributed by atoms with Gasteiger partial charge >= 0.3 is 5.97 Å². The Balaban J connectivity index is 2.02. The number of hydrogen-bond acceptors (Lipinski definition) is 3. The van der Waals surface area contributed by atoms with Crippen molar-refractivity contribution in [1.82, 2.24) is 0 Å². The van der Waals surface area contributed by atoms with Crippen LogP contribution >= 0.6 is 11.8 Å². The summed E-state index contributed by atoms with van der Waals surface area (Å²) in [5.41, 5.74) is 0.280. The van der Waals surface area contributed by atoms with Gasteiger partial charge in [0.1, 0.15) is 11.7 Å². The average molecular weight is 264 g/mol. The molecule has 1 N–H and O–H groups in total. The summed E-state index contributed by atoms with van der Waals surface area (Å²) in [6.45, 7) is 0. The van der Waals surface area contributed by atoms with Crippen LogP contribution in [0.15, 0.2) is 23.1 Å². The van der Waals surface area contributed by atoms with E-state index >= 15 is 0 Å². The van der Waals surface area contributed by atoms with Crippen molar-refractivity contribution in [2.24, 2.45) is 0 Å². The quantitative estimate of drug-likeness (QED) is 0.889. The minimum Gasteiger partial charge on any atom is -0.481 e. The Morgan fingerprint density at radius 3 is 2.78 bits per heavy atom. The van der Waals surface area contributed by atoms with Gasteiger partial charge in [-0.3, -0.25) is 4.79 Å². The highest BCUT2D eigenvalue weighted by atomic mass is 32.2. The van der Waals surface area contributed by atoms with Crippen molar-refractivity contribution in [2.45, 2.75) is 42.4 Å². The number of fused-ring (bicyclic) bond motifs is 1. The lowest BCUT2D eigenvalue weighted by Crippen LogP contribution is -2.37. The normalized spacial score (nSPS) is 21.1. The first-order valence-electron chi connectivity index (χ1n) is 6.36. The van der Waals surface area contributed by atoms with Crippen LogP contribution in [0, 0.1) is 0 Å². The van der Waals surface area contributed by atoms with E-state index in [1.807, 2.05) is 18.2 Å². The van der Waals surface area contributed by atoms with Gasteiger partial charge in [0.25, 0.3) is 0 Å². The van der Waals surface area contributed by atoms with Crippen LogP contribution in [0.4, 0.5) is 0 Å². The molecule has 1 aliphatic carbocycles. The molecule has 0 aromatic heterocycles. The molecule has 1 fully saturated rings. The smallest absolute Gasteiger partial charge is 0.314 e. The maximum atomic E-state index is 11.7. The van der Waals surface area contributed by atoms with E-state index < -0.39 is 11.4 Å². The van der Waals surface area contributed by atoms with E-state index in [0.29, 0.717) is 5.94 Å². The van der Waals surface area contributed by atoms with Crippen LogP contribution < -0.4 is 4.74 Å². The molecule has 3 nitrogen and oxygen atoms in total. The van der Waals surface area contributed by atoms with E-state index in [1.54, 1.807) is 11.8 Å². The number of thioether (sulfide) groups is 1. The number of rotatable bonds is 2. The zero-order valence-corrected chi connectivity index (χ0v) is 11.0. The highest BCUT2D eigenvalue weighted by molar-refractivity contribution is 7.99. The first kappa shape index (κ1) is 11.9. The molecule has 1 heterocycles. The highest BCUT2D eigenvalue weighted by Gasteiger charge is 2.41. The Kier molecular flexibility index (Phi) is 2.98. The molecule has 0 saturated heterocycles. The molecular formula is C14H16O3S. The molecule has 0 bridgehead atoms. The van der Waals surface area contributed by atoms with Crippen molar-refractivity contribution in [3.05, 3.63) is 23.8 Å². The summed E-state index contributed by atoms with van der Waals surface area (Å²) in [5.74, 6) is 0.852. The lowest BCUT2D eigenvalue weighted by atomic mass is 9.69. The summed E-state index contributed by atoms with van der Waals surface area (Å²) in [4.78, 5) is 12.8. The maximum Gasteiger partial charge on any atom is 0.314 e. The SMILES string of the molecule is O=C(O)C1(c2ccc3c(c2)SCO3)CCCCC1. The van der Waals surface area contributed by atoms with Gasteiger partial charge in [-0.05, 0) is 30.5 Å². The summed E-state index contributed by atoms with van der Waals surface area (Å²) in [5, 5.41) is 9.65. The topological polar surface area (TPSA) is 46.5 Å². The van der Waals surface area contributed by atoms with Crippen molar-refractivity contribution in [3.63, 3.8) is 0 Å². The Hall–Kier alpha value is -1.16. The van der Waals surface area contributed by atoms with Gasteiger partial charge in [0, 0.05) is 0 Å². The van der Waals surface area contributed by atoms with Crippen molar-refractivity contribution in [1.29, 1.82) is 0 Å². The van der Waals surface area contributed by atoms with Crippen LogP contribution in [0.1, 0.15) is 37.7 Å². The first-order chi connectivity index (χ1) is 8.72. The van der Waals surface area contributed by atoms with E-state index in [-0.39, 0.29) is 0 Å². The zero-order valence-electron chi connectivity index (χ0n) is 10.1. The zero-order chi connectivity index (χ0) is 12.6. The lowest BCUT2D eigenvalue weighted by Gasteiger charge is -2.33. The van der Waals surface area contributed by atoms with Gasteiger partial charge in [-0.1, -0.05) is 37.1 Å². The second-order valence-corrected chi connectivity index (χ2v) is 5.98. The highest BCUT2D eigenvalue weighted by Crippen LogP contribution is 2.44.